The molecule has 0 amide bonds. The van der Waals surface area contributed by atoms with Gasteiger partial charge in [0.2, 0.25) is 0 Å². The number of nitriles is 1. The van der Waals surface area contributed by atoms with E-state index in [2.05, 4.69) is 16.0 Å². The van der Waals surface area contributed by atoms with E-state index in [1.54, 1.807) is 18.2 Å². The Kier molecular flexibility index (Phi) is 3.65. The van der Waals surface area contributed by atoms with Crippen molar-refractivity contribution < 1.29 is 0 Å². The maximum Gasteiger partial charge on any atom is 0.105 e. The lowest BCUT2D eigenvalue weighted by molar-refractivity contribution is 0.434. The molecule has 1 aliphatic heterocycles. The minimum atomic E-state index is 0.531. The summed E-state index contributed by atoms with van der Waals surface area (Å²) >= 11 is 5.86. The van der Waals surface area contributed by atoms with Crippen LogP contribution in [0.15, 0.2) is 23.2 Å². The highest BCUT2D eigenvalue weighted by Gasteiger charge is 2.13. The largest absolute Gasteiger partial charge is 0.363 e. The van der Waals surface area contributed by atoms with Crippen molar-refractivity contribution in [3.8, 4) is 6.07 Å². The fraction of sp³-hybridized carbons (Fsp3) is 0.385. The van der Waals surface area contributed by atoms with Crippen molar-refractivity contribution in [2.75, 3.05) is 13.6 Å². The van der Waals surface area contributed by atoms with Crippen molar-refractivity contribution in [3.63, 3.8) is 0 Å². The number of aliphatic imine (C=N–C) groups is 1. The summed E-state index contributed by atoms with van der Waals surface area (Å²) in [5.74, 6) is 1.05. The van der Waals surface area contributed by atoms with E-state index in [1.807, 2.05) is 7.05 Å². The molecule has 1 saturated heterocycles. The van der Waals surface area contributed by atoms with Crippen molar-refractivity contribution in [1.82, 2.24) is 4.90 Å². The molecule has 2 rings (SSSR count). The zero-order chi connectivity index (χ0) is 12.3. The molecule has 1 aromatic carbocycles. The number of benzene rings is 1. The maximum absolute atomic E-state index is 9.05. The smallest absolute Gasteiger partial charge is 0.105 e. The molecular weight excluding hydrogens is 234 g/mol. The first-order valence-corrected chi connectivity index (χ1v) is 6.07. The maximum atomic E-state index is 9.05. The zero-order valence-corrected chi connectivity index (χ0v) is 10.5. The van der Waals surface area contributed by atoms with Gasteiger partial charge in [0.25, 0.3) is 0 Å². The van der Waals surface area contributed by atoms with Gasteiger partial charge >= 0.3 is 0 Å². The summed E-state index contributed by atoms with van der Waals surface area (Å²) in [5.41, 5.74) is 1.24. The average molecular weight is 248 g/mol. The van der Waals surface area contributed by atoms with Gasteiger partial charge in [-0.25, -0.2) is 4.99 Å². The monoisotopic (exact) mass is 247 g/mol. The fourth-order valence-electron chi connectivity index (χ4n) is 1.93. The van der Waals surface area contributed by atoms with Gasteiger partial charge in [-0.05, 0) is 31.0 Å². The summed E-state index contributed by atoms with van der Waals surface area (Å²) in [4.78, 5) is 6.72. The topological polar surface area (TPSA) is 39.4 Å². The number of likely N-dealkylation sites (tertiary alicyclic amines) is 1. The number of hydrogen-bond acceptors (Lipinski definition) is 2. The van der Waals surface area contributed by atoms with Crippen LogP contribution in [0.2, 0.25) is 5.02 Å². The third-order valence-electron chi connectivity index (χ3n) is 2.91. The van der Waals surface area contributed by atoms with Crippen LogP contribution < -0.4 is 0 Å². The molecule has 0 saturated carbocycles. The lowest BCUT2D eigenvalue weighted by Gasteiger charge is -2.26. The summed E-state index contributed by atoms with van der Waals surface area (Å²) in [7, 11) is 2.04. The number of nitrogens with zero attached hydrogens (tertiary/aromatic N) is 3. The van der Waals surface area contributed by atoms with E-state index in [9.17, 15) is 0 Å². The van der Waals surface area contributed by atoms with Gasteiger partial charge in [-0.1, -0.05) is 11.6 Å². The van der Waals surface area contributed by atoms with Gasteiger partial charge in [0.05, 0.1) is 11.3 Å². The lowest BCUT2D eigenvalue weighted by atomic mass is 10.1. The van der Waals surface area contributed by atoms with Gasteiger partial charge in [0.1, 0.15) is 11.9 Å². The fourth-order valence-corrected chi connectivity index (χ4v) is 2.10. The predicted octanol–water partition coefficient (Wildman–Crippen LogP) is 3.36. The second-order valence-corrected chi connectivity index (χ2v) is 4.62. The van der Waals surface area contributed by atoms with Crippen LogP contribution in [0.3, 0.4) is 0 Å². The van der Waals surface area contributed by atoms with Crippen LogP contribution in [-0.2, 0) is 0 Å². The van der Waals surface area contributed by atoms with E-state index in [1.165, 1.54) is 12.8 Å². The summed E-state index contributed by atoms with van der Waals surface area (Å²) in [6.07, 6.45) is 3.35. The molecule has 3 nitrogen and oxygen atoms in total. The summed E-state index contributed by atoms with van der Waals surface area (Å²) in [5, 5.41) is 9.62. The number of hydrogen-bond donors (Lipinski definition) is 0. The van der Waals surface area contributed by atoms with Gasteiger partial charge in [0, 0.05) is 25.0 Å². The lowest BCUT2D eigenvalue weighted by Crippen LogP contribution is -2.31. The van der Waals surface area contributed by atoms with E-state index >= 15 is 0 Å². The van der Waals surface area contributed by atoms with E-state index in [0.29, 0.717) is 16.3 Å². The Balaban J connectivity index is 2.34. The molecule has 0 unspecified atom stereocenters. The number of piperidine rings is 1. The molecule has 1 heterocycles. The standard InChI is InChI=1S/C13H14ClN3/c1-17-7-3-2-4-13(17)16-12-6-5-11(14)8-10(12)9-15/h5-6,8H,2-4,7H2,1H3. The Hall–Kier alpha value is -1.53. The molecule has 0 radical (unpaired) electrons. The van der Waals surface area contributed by atoms with Crippen LogP contribution in [0.5, 0.6) is 0 Å². The Morgan fingerprint density at radius 3 is 2.94 bits per heavy atom. The van der Waals surface area contributed by atoms with E-state index in [4.69, 9.17) is 16.9 Å². The third-order valence-corrected chi connectivity index (χ3v) is 3.15. The molecule has 1 fully saturated rings. The van der Waals surface area contributed by atoms with Crippen LogP contribution >= 0.6 is 11.6 Å². The summed E-state index contributed by atoms with van der Waals surface area (Å²) in [6, 6.07) is 7.36. The van der Waals surface area contributed by atoms with Gasteiger partial charge in [-0.3, -0.25) is 0 Å². The Morgan fingerprint density at radius 2 is 2.24 bits per heavy atom. The molecule has 0 spiro atoms. The number of rotatable bonds is 1. The van der Waals surface area contributed by atoms with Gasteiger partial charge in [-0.2, -0.15) is 5.26 Å². The predicted molar refractivity (Wildman–Crippen MR) is 69.7 cm³/mol. The molecule has 88 valence electrons. The molecular formula is C13H14ClN3. The van der Waals surface area contributed by atoms with Crippen molar-refractivity contribution in [3.05, 3.63) is 28.8 Å². The minimum absolute atomic E-state index is 0.531. The molecule has 0 bridgehead atoms. The second-order valence-electron chi connectivity index (χ2n) is 4.18. The normalized spacial score (nSPS) is 18.2. The molecule has 0 N–H and O–H groups in total. The SMILES string of the molecule is CN1CCCCC1=Nc1ccc(Cl)cc1C#N. The van der Waals surface area contributed by atoms with Crippen LogP contribution in [0.1, 0.15) is 24.8 Å². The highest BCUT2D eigenvalue weighted by Crippen LogP contribution is 2.24. The van der Waals surface area contributed by atoms with E-state index in [-0.39, 0.29) is 0 Å². The first kappa shape index (κ1) is 11.9. The molecule has 0 aliphatic carbocycles. The summed E-state index contributed by atoms with van der Waals surface area (Å²) in [6.45, 7) is 1.04. The van der Waals surface area contributed by atoms with Crippen LogP contribution in [0.25, 0.3) is 0 Å². The zero-order valence-electron chi connectivity index (χ0n) is 9.78. The molecule has 1 aliphatic rings. The van der Waals surface area contributed by atoms with Crippen molar-refractivity contribution >= 4 is 23.1 Å². The number of amidine groups is 1. The first-order chi connectivity index (χ1) is 8.20. The molecule has 0 aromatic heterocycles. The van der Waals surface area contributed by atoms with Crippen LogP contribution in [0.4, 0.5) is 5.69 Å². The van der Waals surface area contributed by atoms with Crippen molar-refractivity contribution in [2.45, 2.75) is 19.3 Å². The highest BCUT2D eigenvalue weighted by atomic mass is 35.5. The Labute approximate surface area is 106 Å². The second kappa shape index (κ2) is 5.20. The van der Waals surface area contributed by atoms with E-state index in [0.717, 1.165) is 18.8 Å². The highest BCUT2D eigenvalue weighted by molar-refractivity contribution is 6.30. The molecule has 0 atom stereocenters. The minimum Gasteiger partial charge on any atom is -0.363 e. The van der Waals surface area contributed by atoms with Gasteiger partial charge in [-0.15, -0.1) is 0 Å². The average Bonchev–Trinajstić information content (AvgIpc) is 2.34. The first-order valence-electron chi connectivity index (χ1n) is 5.69. The van der Waals surface area contributed by atoms with Crippen LogP contribution in [-0.4, -0.2) is 24.3 Å². The quantitative estimate of drug-likeness (QED) is 0.763. The van der Waals surface area contributed by atoms with Crippen molar-refractivity contribution in [1.29, 1.82) is 5.26 Å². The third kappa shape index (κ3) is 2.78. The molecule has 4 heteroatoms. The molecule has 1 aromatic rings. The van der Waals surface area contributed by atoms with Gasteiger partial charge in [0.15, 0.2) is 0 Å². The Bertz CT molecular complexity index is 488. The Morgan fingerprint density at radius 1 is 1.41 bits per heavy atom. The van der Waals surface area contributed by atoms with Gasteiger partial charge < -0.3 is 4.90 Å². The number of halogens is 1. The van der Waals surface area contributed by atoms with Crippen LogP contribution in [0, 0.1) is 11.3 Å². The van der Waals surface area contributed by atoms with Crippen molar-refractivity contribution in [2.24, 2.45) is 4.99 Å². The summed E-state index contributed by atoms with van der Waals surface area (Å²) < 4.78 is 0. The molecule has 17 heavy (non-hydrogen) atoms. The van der Waals surface area contributed by atoms with E-state index < -0.39 is 0 Å².